The SMILES string of the molecule is O=Cc1cc(Br)ccc1OCOCC(F)(F)F. The Morgan fingerprint density at radius 1 is 1.35 bits per heavy atom. The maximum Gasteiger partial charge on any atom is 0.411 e. The van der Waals surface area contributed by atoms with Gasteiger partial charge in [-0.3, -0.25) is 4.79 Å². The molecule has 1 rings (SSSR count). The minimum absolute atomic E-state index is 0.172. The summed E-state index contributed by atoms with van der Waals surface area (Å²) < 4.78 is 45.0. The van der Waals surface area contributed by atoms with Crippen molar-refractivity contribution in [3.05, 3.63) is 28.2 Å². The second kappa shape index (κ2) is 6.02. The Kier molecular flexibility index (Phi) is 4.95. The minimum Gasteiger partial charge on any atom is -0.467 e. The molecule has 0 bridgehead atoms. The van der Waals surface area contributed by atoms with Crippen LogP contribution in [0.3, 0.4) is 0 Å². The van der Waals surface area contributed by atoms with E-state index in [1.807, 2.05) is 0 Å². The molecule has 0 spiro atoms. The van der Waals surface area contributed by atoms with Gasteiger partial charge in [0.25, 0.3) is 0 Å². The average Bonchev–Trinajstić information content (AvgIpc) is 2.24. The number of hydrogen-bond acceptors (Lipinski definition) is 3. The molecular formula is C10H8BrF3O3. The van der Waals surface area contributed by atoms with Crippen molar-refractivity contribution in [1.29, 1.82) is 0 Å². The van der Waals surface area contributed by atoms with Gasteiger partial charge in [-0.1, -0.05) is 15.9 Å². The normalized spacial score (nSPS) is 11.3. The highest BCUT2D eigenvalue weighted by Crippen LogP contribution is 2.22. The van der Waals surface area contributed by atoms with Crippen LogP contribution < -0.4 is 4.74 Å². The summed E-state index contributed by atoms with van der Waals surface area (Å²) >= 11 is 3.15. The Morgan fingerprint density at radius 3 is 2.65 bits per heavy atom. The summed E-state index contributed by atoms with van der Waals surface area (Å²) in [5, 5.41) is 0. The van der Waals surface area contributed by atoms with Crippen LogP contribution in [0.4, 0.5) is 13.2 Å². The number of benzene rings is 1. The molecule has 0 saturated heterocycles. The lowest BCUT2D eigenvalue weighted by molar-refractivity contribution is -0.186. The highest BCUT2D eigenvalue weighted by atomic mass is 79.9. The van der Waals surface area contributed by atoms with Crippen LogP contribution in [0.25, 0.3) is 0 Å². The largest absolute Gasteiger partial charge is 0.467 e. The standard InChI is InChI=1S/C10H8BrF3O3/c11-8-1-2-9(7(3-8)4-15)17-6-16-5-10(12,13)14/h1-4H,5-6H2. The molecule has 0 atom stereocenters. The van der Waals surface area contributed by atoms with Crippen molar-refractivity contribution in [2.24, 2.45) is 0 Å². The molecule has 1 aromatic rings. The third-order valence-electron chi connectivity index (χ3n) is 1.66. The number of carbonyl (C=O) groups is 1. The summed E-state index contributed by atoms with van der Waals surface area (Å²) in [5.74, 6) is 0.172. The molecule has 0 aliphatic heterocycles. The van der Waals surface area contributed by atoms with Crippen molar-refractivity contribution in [2.75, 3.05) is 13.4 Å². The van der Waals surface area contributed by atoms with Gasteiger partial charge < -0.3 is 9.47 Å². The highest BCUT2D eigenvalue weighted by molar-refractivity contribution is 9.10. The van der Waals surface area contributed by atoms with Crippen molar-refractivity contribution < 1.29 is 27.4 Å². The van der Waals surface area contributed by atoms with Crippen LogP contribution in [-0.2, 0) is 4.74 Å². The van der Waals surface area contributed by atoms with E-state index < -0.39 is 19.6 Å². The van der Waals surface area contributed by atoms with Crippen LogP contribution in [0.2, 0.25) is 0 Å². The minimum atomic E-state index is -4.39. The molecule has 0 unspecified atom stereocenters. The fourth-order valence-electron chi connectivity index (χ4n) is 1.01. The molecular weight excluding hydrogens is 305 g/mol. The quantitative estimate of drug-likeness (QED) is 0.476. The predicted molar refractivity (Wildman–Crippen MR) is 57.0 cm³/mol. The van der Waals surface area contributed by atoms with E-state index in [2.05, 4.69) is 20.7 Å². The lowest BCUT2D eigenvalue weighted by atomic mass is 10.2. The lowest BCUT2D eigenvalue weighted by Gasteiger charge is -2.10. The Morgan fingerprint density at radius 2 is 2.06 bits per heavy atom. The molecule has 0 radical (unpaired) electrons. The maximum absolute atomic E-state index is 11.7. The molecule has 0 aliphatic rings. The molecule has 0 heterocycles. The Labute approximate surface area is 104 Å². The van der Waals surface area contributed by atoms with Crippen molar-refractivity contribution in [1.82, 2.24) is 0 Å². The van der Waals surface area contributed by atoms with Crippen LogP contribution in [0.1, 0.15) is 10.4 Å². The van der Waals surface area contributed by atoms with Gasteiger partial charge in [0.15, 0.2) is 13.1 Å². The first-order valence-corrected chi connectivity index (χ1v) is 5.24. The summed E-state index contributed by atoms with van der Waals surface area (Å²) in [4.78, 5) is 10.6. The summed E-state index contributed by atoms with van der Waals surface area (Å²) in [7, 11) is 0. The van der Waals surface area contributed by atoms with E-state index in [0.717, 1.165) is 0 Å². The average molecular weight is 313 g/mol. The van der Waals surface area contributed by atoms with E-state index in [0.29, 0.717) is 10.8 Å². The third-order valence-corrected chi connectivity index (χ3v) is 2.16. The molecule has 7 heteroatoms. The Bertz CT molecular complexity index is 393. The summed E-state index contributed by atoms with van der Waals surface area (Å²) in [6, 6.07) is 4.56. The van der Waals surface area contributed by atoms with E-state index in [4.69, 9.17) is 4.74 Å². The first kappa shape index (κ1) is 14.0. The fourth-order valence-corrected chi connectivity index (χ4v) is 1.38. The van der Waals surface area contributed by atoms with Gasteiger partial charge in [-0.25, -0.2) is 0 Å². The van der Waals surface area contributed by atoms with Crippen LogP contribution in [0.5, 0.6) is 5.75 Å². The number of ether oxygens (including phenoxy) is 2. The zero-order chi connectivity index (χ0) is 12.9. The van der Waals surface area contributed by atoms with Crippen LogP contribution in [-0.4, -0.2) is 25.9 Å². The van der Waals surface area contributed by atoms with E-state index >= 15 is 0 Å². The Hall–Kier alpha value is -1.08. The van der Waals surface area contributed by atoms with E-state index in [-0.39, 0.29) is 11.3 Å². The molecule has 0 N–H and O–H groups in total. The topological polar surface area (TPSA) is 35.5 Å². The zero-order valence-electron chi connectivity index (χ0n) is 8.46. The maximum atomic E-state index is 11.7. The molecule has 0 amide bonds. The van der Waals surface area contributed by atoms with E-state index in [1.54, 1.807) is 6.07 Å². The molecule has 1 aromatic carbocycles. The van der Waals surface area contributed by atoms with Gasteiger partial charge in [-0.2, -0.15) is 13.2 Å². The van der Waals surface area contributed by atoms with Gasteiger partial charge in [-0.05, 0) is 18.2 Å². The van der Waals surface area contributed by atoms with Crippen LogP contribution in [0, 0.1) is 0 Å². The zero-order valence-corrected chi connectivity index (χ0v) is 10.0. The molecule has 17 heavy (non-hydrogen) atoms. The first-order valence-electron chi connectivity index (χ1n) is 4.44. The second-order valence-electron chi connectivity index (χ2n) is 3.03. The van der Waals surface area contributed by atoms with Gasteiger partial charge in [-0.15, -0.1) is 0 Å². The third kappa shape index (κ3) is 5.18. The smallest absolute Gasteiger partial charge is 0.411 e. The number of carbonyl (C=O) groups excluding carboxylic acids is 1. The van der Waals surface area contributed by atoms with Gasteiger partial charge in [0.1, 0.15) is 12.4 Å². The summed E-state index contributed by atoms with van der Waals surface area (Å²) in [6.45, 7) is -1.96. The van der Waals surface area contributed by atoms with Crippen molar-refractivity contribution in [3.8, 4) is 5.75 Å². The number of alkyl halides is 3. The molecule has 0 saturated carbocycles. The van der Waals surface area contributed by atoms with E-state index in [1.165, 1.54) is 12.1 Å². The highest BCUT2D eigenvalue weighted by Gasteiger charge is 2.27. The molecule has 0 aromatic heterocycles. The Balaban J connectivity index is 2.49. The van der Waals surface area contributed by atoms with Crippen molar-refractivity contribution in [2.45, 2.75) is 6.18 Å². The van der Waals surface area contributed by atoms with Crippen LogP contribution in [0.15, 0.2) is 22.7 Å². The predicted octanol–water partition coefficient (Wildman–Crippen LogP) is 3.18. The summed E-state index contributed by atoms with van der Waals surface area (Å²) in [5.41, 5.74) is 0.231. The molecule has 94 valence electrons. The first-order chi connectivity index (χ1) is 7.92. The number of hydrogen-bond donors (Lipinski definition) is 0. The van der Waals surface area contributed by atoms with Gasteiger partial charge in [0.05, 0.1) is 5.56 Å². The second-order valence-corrected chi connectivity index (χ2v) is 3.94. The molecule has 3 nitrogen and oxygen atoms in total. The molecule has 0 fully saturated rings. The van der Waals surface area contributed by atoms with Crippen molar-refractivity contribution >= 4 is 22.2 Å². The fraction of sp³-hybridized carbons (Fsp3) is 0.300. The number of halogens is 4. The van der Waals surface area contributed by atoms with Gasteiger partial charge >= 0.3 is 6.18 Å². The van der Waals surface area contributed by atoms with E-state index in [9.17, 15) is 18.0 Å². The monoisotopic (exact) mass is 312 g/mol. The van der Waals surface area contributed by atoms with Crippen LogP contribution >= 0.6 is 15.9 Å². The van der Waals surface area contributed by atoms with Crippen molar-refractivity contribution in [3.63, 3.8) is 0 Å². The number of aldehydes is 1. The summed E-state index contributed by atoms with van der Waals surface area (Å²) in [6.07, 6.45) is -3.85. The van der Waals surface area contributed by atoms with Gasteiger partial charge in [0, 0.05) is 4.47 Å². The van der Waals surface area contributed by atoms with Gasteiger partial charge in [0.2, 0.25) is 0 Å². The lowest BCUT2D eigenvalue weighted by Crippen LogP contribution is -2.19. The number of rotatable bonds is 5. The molecule has 0 aliphatic carbocycles.